The second-order valence-corrected chi connectivity index (χ2v) is 6.26. The van der Waals surface area contributed by atoms with Crippen molar-refractivity contribution in [2.75, 3.05) is 6.54 Å². The molecule has 1 fully saturated rings. The molecule has 1 rings (SSSR count). The number of nitrogens with one attached hydrogen (secondary N) is 1. The van der Waals surface area contributed by atoms with Crippen molar-refractivity contribution in [2.24, 2.45) is 5.41 Å². The van der Waals surface area contributed by atoms with Gasteiger partial charge in [0.15, 0.2) is 0 Å². The smallest absolute Gasteiger partial charge is 0.317 e. The normalized spacial score (nSPS) is 26.7. The number of hydrogen-bond acceptors (Lipinski definition) is 1. The molecule has 0 aliphatic carbocycles. The van der Waals surface area contributed by atoms with Crippen LogP contribution >= 0.6 is 0 Å². The van der Waals surface area contributed by atoms with Crippen LogP contribution in [0.3, 0.4) is 0 Å². The number of piperidine rings is 1. The zero-order chi connectivity index (χ0) is 12.3. The van der Waals surface area contributed by atoms with Crippen molar-refractivity contribution < 1.29 is 4.79 Å². The molecular formula is C13H26N2O. The maximum Gasteiger partial charge on any atom is 0.317 e. The van der Waals surface area contributed by atoms with E-state index < -0.39 is 0 Å². The Hall–Kier alpha value is -0.730. The first-order chi connectivity index (χ1) is 7.31. The lowest BCUT2D eigenvalue weighted by atomic mass is 9.96. The second kappa shape index (κ2) is 5.07. The van der Waals surface area contributed by atoms with Crippen molar-refractivity contribution in [1.82, 2.24) is 10.2 Å². The lowest BCUT2D eigenvalue weighted by Gasteiger charge is -2.39. The zero-order valence-electron chi connectivity index (χ0n) is 11.3. The van der Waals surface area contributed by atoms with Gasteiger partial charge in [0.25, 0.3) is 0 Å². The first-order valence-electron chi connectivity index (χ1n) is 6.37. The van der Waals surface area contributed by atoms with Gasteiger partial charge in [0, 0.05) is 18.6 Å². The van der Waals surface area contributed by atoms with E-state index in [2.05, 4.69) is 39.9 Å². The predicted octanol–water partition coefficient (Wildman–Crippen LogP) is 3.01. The van der Waals surface area contributed by atoms with E-state index >= 15 is 0 Å². The summed E-state index contributed by atoms with van der Waals surface area (Å²) in [6.45, 7) is 11.4. The van der Waals surface area contributed by atoms with Gasteiger partial charge in [-0.25, -0.2) is 4.79 Å². The first-order valence-corrected chi connectivity index (χ1v) is 6.37. The van der Waals surface area contributed by atoms with Crippen LogP contribution in [0.5, 0.6) is 0 Å². The van der Waals surface area contributed by atoms with Gasteiger partial charge >= 0.3 is 6.03 Å². The lowest BCUT2D eigenvalue weighted by Crippen LogP contribution is -2.52. The number of carbonyl (C=O) groups excluding carboxylic acids is 1. The van der Waals surface area contributed by atoms with Gasteiger partial charge in [0.1, 0.15) is 0 Å². The third kappa shape index (κ3) is 3.69. The third-order valence-corrected chi connectivity index (χ3v) is 3.20. The molecule has 3 heteroatoms. The van der Waals surface area contributed by atoms with Crippen LogP contribution in [-0.2, 0) is 0 Å². The number of amides is 2. The summed E-state index contributed by atoms with van der Waals surface area (Å²) in [5.74, 6) is 0. The highest BCUT2D eigenvalue weighted by Crippen LogP contribution is 2.22. The van der Waals surface area contributed by atoms with Gasteiger partial charge in [-0.3, -0.25) is 0 Å². The highest BCUT2D eigenvalue weighted by molar-refractivity contribution is 5.75. The molecule has 0 aromatic rings. The van der Waals surface area contributed by atoms with E-state index in [1.54, 1.807) is 0 Å². The molecule has 1 aliphatic rings. The van der Waals surface area contributed by atoms with Crippen LogP contribution in [-0.4, -0.2) is 29.6 Å². The highest BCUT2D eigenvalue weighted by Gasteiger charge is 2.29. The summed E-state index contributed by atoms with van der Waals surface area (Å²) in [6, 6.07) is 0.863. The summed E-state index contributed by atoms with van der Waals surface area (Å²) in [5, 5.41) is 3.04. The highest BCUT2D eigenvalue weighted by atomic mass is 16.2. The van der Waals surface area contributed by atoms with Crippen LogP contribution in [0.2, 0.25) is 0 Å². The maximum atomic E-state index is 12.1. The van der Waals surface area contributed by atoms with Gasteiger partial charge < -0.3 is 10.2 Å². The van der Waals surface area contributed by atoms with E-state index in [1.165, 1.54) is 6.42 Å². The molecule has 3 nitrogen and oxygen atoms in total. The lowest BCUT2D eigenvalue weighted by molar-refractivity contribution is 0.120. The Kier molecular flexibility index (Phi) is 4.22. The van der Waals surface area contributed by atoms with E-state index in [9.17, 15) is 4.79 Å². The van der Waals surface area contributed by atoms with Gasteiger partial charge in [-0.15, -0.1) is 0 Å². The van der Waals surface area contributed by atoms with Crippen molar-refractivity contribution in [2.45, 2.75) is 66.0 Å². The number of urea groups is 1. The standard InChI is InChI=1S/C13H26N2O/c1-10-7-6-8-11(2)15(10)12(16)14-9-13(3,4)5/h10-11H,6-9H2,1-5H3,(H,14,16). The Morgan fingerprint density at radius 2 is 1.75 bits per heavy atom. The van der Waals surface area contributed by atoms with Gasteiger partial charge in [0.05, 0.1) is 0 Å². The van der Waals surface area contributed by atoms with Gasteiger partial charge in [-0.1, -0.05) is 20.8 Å². The molecule has 94 valence electrons. The number of carbonyl (C=O) groups is 1. The molecule has 0 aromatic heterocycles. The van der Waals surface area contributed by atoms with Gasteiger partial charge in [-0.2, -0.15) is 0 Å². The van der Waals surface area contributed by atoms with E-state index in [1.807, 2.05) is 4.90 Å². The molecular weight excluding hydrogens is 200 g/mol. The number of rotatable bonds is 1. The van der Waals surface area contributed by atoms with Crippen LogP contribution in [0.25, 0.3) is 0 Å². The molecule has 16 heavy (non-hydrogen) atoms. The Bertz CT molecular complexity index is 235. The van der Waals surface area contributed by atoms with Gasteiger partial charge in [-0.05, 0) is 38.5 Å². The minimum atomic E-state index is 0.106. The molecule has 2 unspecified atom stereocenters. The molecule has 1 saturated heterocycles. The van der Waals surface area contributed by atoms with E-state index in [-0.39, 0.29) is 11.4 Å². The fourth-order valence-corrected chi connectivity index (χ4v) is 2.25. The summed E-state index contributed by atoms with van der Waals surface area (Å²) in [5.41, 5.74) is 0.151. The first kappa shape index (κ1) is 13.3. The summed E-state index contributed by atoms with van der Waals surface area (Å²) in [4.78, 5) is 14.1. The minimum absolute atomic E-state index is 0.106. The molecule has 1 aliphatic heterocycles. The fraction of sp³-hybridized carbons (Fsp3) is 0.923. The van der Waals surface area contributed by atoms with Crippen LogP contribution < -0.4 is 5.32 Å². The van der Waals surface area contributed by atoms with E-state index in [4.69, 9.17) is 0 Å². The monoisotopic (exact) mass is 226 g/mol. The second-order valence-electron chi connectivity index (χ2n) is 6.26. The van der Waals surface area contributed by atoms with Gasteiger partial charge in [0.2, 0.25) is 0 Å². The molecule has 1 heterocycles. The largest absolute Gasteiger partial charge is 0.337 e. The molecule has 0 bridgehead atoms. The van der Waals surface area contributed by atoms with Crippen molar-refractivity contribution in [3.8, 4) is 0 Å². The summed E-state index contributed by atoms with van der Waals surface area (Å²) >= 11 is 0. The SMILES string of the molecule is CC1CCCC(C)N1C(=O)NCC(C)(C)C. The summed E-state index contributed by atoms with van der Waals surface area (Å²) in [7, 11) is 0. The molecule has 2 atom stereocenters. The van der Waals surface area contributed by atoms with Crippen LogP contribution in [0.1, 0.15) is 53.9 Å². The number of likely N-dealkylation sites (tertiary alicyclic amines) is 1. The molecule has 0 spiro atoms. The number of nitrogens with zero attached hydrogens (tertiary/aromatic N) is 1. The average molecular weight is 226 g/mol. The maximum absolute atomic E-state index is 12.1. The zero-order valence-corrected chi connectivity index (χ0v) is 11.3. The Morgan fingerprint density at radius 1 is 1.25 bits per heavy atom. The van der Waals surface area contributed by atoms with Crippen molar-refractivity contribution in [1.29, 1.82) is 0 Å². The summed E-state index contributed by atoms with van der Waals surface area (Å²) < 4.78 is 0. The summed E-state index contributed by atoms with van der Waals surface area (Å²) in [6.07, 6.45) is 3.51. The number of hydrogen-bond donors (Lipinski definition) is 1. The molecule has 1 N–H and O–H groups in total. The van der Waals surface area contributed by atoms with Crippen molar-refractivity contribution >= 4 is 6.03 Å². The molecule has 2 amide bonds. The quantitative estimate of drug-likeness (QED) is 0.732. The predicted molar refractivity (Wildman–Crippen MR) is 67.5 cm³/mol. The molecule has 0 radical (unpaired) electrons. The average Bonchev–Trinajstić information content (AvgIpc) is 2.13. The van der Waals surface area contributed by atoms with E-state index in [0.717, 1.165) is 19.4 Å². The topological polar surface area (TPSA) is 32.3 Å². The van der Waals surface area contributed by atoms with Crippen LogP contribution in [0.15, 0.2) is 0 Å². The molecule has 0 aromatic carbocycles. The van der Waals surface area contributed by atoms with Crippen molar-refractivity contribution in [3.63, 3.8) is 0 Å². The van der Waals surface area contributed by atoms with Crippen molar-refractivity contribution in [3.05, 3.63) is 0 Å². The minimum Gasteiger partial charge on any atom is -0.337 e. The Morgan fingerprint density at radius 3 is 2.19 bits per heavy atom. The molecule has 0 saturated carbocycles. The van der Waals surface area contributed by atoms with Crippen LogP contribution in [0.4, 0.5) is 4.79 Å². The third-order valence-electron chi connectivity index (χ3n) is 3.20. The van der Waals surface area contributed by atoms with Crippen LogP contribution in [0, 0.1) is 5.41 Å². The Balaban J connectivity index is 2.51. The Labute approximate surface area is 99.6 Å². The fourth-order valence-electron chi connectivity index (χ4n) is 2.25. The van der Waals surface area contributed by atoms with E-state index in [0.29, 0.717) is 12.1 Å².